The number of hydrogen-bond donors (Lipinski definition) is 1. The molecule has 0 bridgehead atoms. The summed E-state index contributed by atoms with van der Waals surface area (Å²) in [7, 11) is 0. The molecule has 2 aromatic carbocycles. The fourth-order valence-electron chi connectivity index (χ4n) is 4.47. The van der Waals surface area contributed by atoms with Crippen LogP contribution in [-0.2, 0) is 6.42 Å². The fourth-order valence-corrected chi connectivity index (χ4v) is 4.80. The first kappa shape index (κ1) is 23.4. The molecule has 1 aliphatic heterocycles. The van der Waals surface area contributed by atoms with Crippen LogP contribution in [0, 0.1) is 25.7 Å². The van der Waals surface area contributed by atoms with Crippen LogP contribution in [-0.4, -0.2) is 35.6 Å². The van der Waals surface area contributed by atoms with Crippen molar-refractivity contribution in [1.82, 2.24) is 9.88 Å². The van der Waals surface area contributed by atoms with Crippen LogP contribution in [0.1, 0.15) is 43.4 Å². The monoisotopic (exact) mass is 473 g/mol. The van der Waals surface area contributed by atoms with Crippen molar-refractivity contribution in [2.24, 2.45) is 11.8 Å². The molecule has 1 unspecified atom stereocenters. The van der Waals surface area contributed by atoms with Crippen molar-refractivity contribution in [2.45, 2.75) is 53.0 Å². The molecular formula is C26H33Cl2N3O. The molecule has 32 heavy (non-hydrogen) atoms. The highest BCUT2D eigenvalue weighted by atomic mass is 35.5. The number of likely N-dealkylation sites (tertiary alicyclic amines) is 1. The van der Waals surface area contributed by atoms with E-state index in [4.69, 9.17) is 27.6 Å². The number of nitrogens with one attached hydrogen (secondary N) is 1. The maximum absolute atomic E-state index is 6.19. The second-order valence-corrected chi connectivity index (χ2v) is 10.4. The zero-order valence-electron chi connectivity index (χ0n) is 19.4. The summed E-state index contributed by atoms with van der Waals surface area (Å²) in [5.41, 5.74) is 5.51. The van der Waals surface area contributed by atoms with Gasteiger partial charge in [0.05, 0.1) is 10.0 Å². The molecule has 3 aromatic rings. The van der Waals surface area contributed by atoms with E-state index < -0.39 is 0 Å². The fraction of sp³-hybridized carbons (Fsp3) is 0.500. The first-order valence-corrected chi connectivity index (χ1v) is 12.3. The van der Waals surface area contributed by atoms with Gasteiger partial charge in [-0.05, 0) is 99.0 Å². The Labute approximate surface area is 201 Å². The number of fused-ring (bicyclic) bond motifs is 1. The molecule has 0 saturated carbocycles. The number of aryl methyl sites for hydroxylation is 2. The number of hydrogen-bond acceptors (Lipinski definition) is 4. The molecule has 1 aromatic heterocycles. The van der Waals surface area contributed by atoms with Gasteiger partial charge in [0.15, 0.2) is 5.58 Å². The van der Waals surface area contributed by atoms with Gasteiger partial charge >= 0.3 is 0 Å². The third-order valence-corrected chi connectivity index (χ3v) is 7.53. The highest BCUT2D eigenvalue weighted by molar-refractivity contribution is 6.42. The van der Waals surface area contributed by atoms with E-state index >= 15 is 0 Å². The van der Waals surface area contributed by atoms with Crippen molar-refractivity contribution in [1.29, 1.82) is 0 Å². The van der Waals surface area contributed by atoms with Crippen molar-refractivity contribution in [3.8, 4) is 0 Å². The number of anilines is 1. The second kappa shape index (κ2) is 10.0. The van der Waals surface area contributed by atoms with Crippen LogP contribution in [0.2, 0.25) is 10.0 Å². The van der Waals surface area contributed by atoms with Gasteiger partial charge in [0.1, 0.15) is 5.52 Å². The van der Waals surface area contributed by atoms with Crippen LogP contribution < -0.4 is 5.32 Å². The van der Waals surface area contributed by atoms with Crippen LogP contribution >= 0.6 is 23.2 Å². The second-order valence-electron chi connectivity index (χ2n) is 9.61. The summed E-state index contributed by atoms with van der Waals surface area (Å²) in [4.78, 5) is 7.26. The first-order chi connectivity index (χ1) is 15.3. The molecular weight excluding hydrogens is 441 g/mol. The van der Waals surface area contributed by atoms with E-state index in [2.05, 4.69) is 61.1 Å². The van der Waals surface area contributed by atoms with Crippen LogP contribution in [0.4, 0.5) is 6.01 Å². The average Bonchev–Trinajstić information content (AvgIpc) is 3.13. The van der Waals surface area contributed by atoms with Gasteiger partial charge in [-0.25, -0.2) is 0 Å². The molecule has 0 spiro atoms. The minimum atomic E-state index is 0.289. The van der Waals surface area contributed by atoms with E-state index in [1.807, 2.05) is 12.1 Å². The summed E-state index contributed by atoms with van der Waals surface area (Å²) < 4.78 is 6.01. The number of rotatable bonds is 7. The van der Waals surface area contributed by atoms with Gasteiger partial charge in [-0.1, -0.05) is 43.1 Å². The highest BCUT2D eigenvalue weighted by Gasteiger charge is 2.24. The molecule has 0 radical (unpaired) electrons. The van der Waals surface area contributed by atoms with E-state index in [0.717, 1.165) is 37.2 Å². The normalized spacial score (nSPS) is 16.7. The molecule has 1 aliphatic rings. The molecule has 1 saturated heterocycles. The molecule has 4 nitrogen and oxygen atoms in total. The Bertz CT molecular complexity index is 1030. The van der Waals surface area contributed by atoms with Crippen LogP contribution in [0.15, 0.2) is 34.7 Å². The summed E-state index contributed by atoms with van der Waals surface area (Å²) in [6.45, 7) is 11.9. The zero-order valence-corrected chi connectivity index (χ0v) is 20.9. The summed E-state index contributed by atoms with van der Waals surface area (Å²) in [6.07, 6.45) is 3.47. The Morgan fingerprint density at radius 1 is 1.06 bits per heavy atom. The standard InChI is InChI=1S/C26H33Cl2N3O/c1-16(2)24(30-26-29-23-11-17(3)18(4)12-25(23)32-26)15-31-9-7-19(8-10-31)13-20-5-6-21(27)22(28)14-20/h5-6,11-12,14,16,19,24H,7-10,13,15H2,1-4H3,(H,29,30). The van der Waals surface area contributed by atoms with Gasteiger partial charge in [-0.15, -0.1) is 0 Å². The number of aromatic nitrogens is 1. The predicted molar refractivity (Wildman–Crippen MR) is 135 cm³/mol. The lowest BCUT2D eigenvalue weighted by atomic mass is 9.89. The molecule has 4 rings (SSSR count). The summed E-state index contributed by atoms with van der Waals surface area (Å²) in [6, 6.07) is 11.1. The number of halogens is 2. The molecule has 1 atom stereocenters. The number of piperidine rings is 1. The molecule has 6 heteroatoms. The lowest BCUT2D eigenvalue weighted by molar-refractivity contribution is 0.169. The predicted octanol–water partition coefficient (Wildman–Crippen LogP) is 7.14. The van der Waals surface area contributed by atoms with E-state index in [-0.39, 0.29) is 6.04 Å². The first-order valence-electron chi connectivity index (χ1n) is 11.6. The molecule has 0 amide bonds. The molecule has 1 N–H and O–H groups in total. The minimum absolute atomic E-state index is 0.289. The highest BCUT2D eigenvalue weighted by Crippen LogP contribution is 2.28. The molecule has 0 aliphatic carbocycles. The maximum atomic E-state index is 6.19. The van der Waals surface area contributed by atoms with Crippen molar-refractivity contribution >= 4 is 40.3 Å². The van der Waals surface area contributed by atoms with Gasteiger partial charge in [-0.2, -0.15) is 4.98 Å². The molecule has 1 fully saturated rings. The third kappa shape index (κ3) is 5.59. The summed E-state index contributed by atoms with van der Waals surface area (Å²) >= 11 is 12.2. The minimum Gasteiger partial charge on any atom is -0.424 e. The Balaban J connectivity index is 1.33. The third-order valence-electron chi connectivity index (χ3n) is 6.79. The van der Waals surface area contributed by atoms with Crippen molar-refractivity contribution < 1.29 is 4.42 Å². The van der Waals surface area contributed by atoms with Crippen molar-refractivity contribution in [3.63, 3.8) is 0 Å². The summed E-state index contributed by atoms with van der Waals surface area (Å²) in [5, 5.41) is 4.85. The largest absolute Gasteiger partial charge is 0.424 e. The lowest BCUT2D eigenvalue weighted by Crippen LogP contribution is -2.43. The van der Waals surface area contributed by atoms with E-state index in [0.29, 0.717) is 27.9 Å². The van der Waals surface area contributed by atoms with Crippen molar-refractivity contribution in [2.75, 3.05) is 25.0 Å². The lowest BCUT2D eigenvalue weighted by Gasteiger charge is -2.35. The van der Waals surface area contributed by atoms with E-state index in [1.54, 1.807) is 0 Å². The van der Waals surface area contributed by atoms with Crippen LogP contribution in [0.25, 0.3) is 11.1 Å². The smallest absolute Gasteiger partial charge is 0.295 e. The topological polar surface area (TPSA) is 41.3 Å². The Morgan fingerprint density at radius 3 is 2.47 bits per heavy atom. The Hall–Kier alpha value is -1.75. The number of benzene rings is 2. The SMILES string of the molecule is Cc1cc2nc(NC(CN3CCC(Cc4ccc(Cl)c(Cl)c4)CC3)C(C)C)oc2cc1C. The number of nitrogens with zero attached hydrogens (tertiary/aromatic N) is 2. The van der Waals surface area contributed by atoms with Gasteiger partial charge in [0.2, 0.25) is 0 Å². The Morgan fingerprint density at radius 2 is 1.78 bits per heavy atom. The van der Waals surface area contributed by atoms with E-state index in [9.17, 15) is 0 Å². The Kier molecular flexibility index (Phi) is 7.34. The van der Waals surface area contributed by atoms with Crippen molar-refractivity contribution in [3.05, 3.63) is 57.1 Å². The number of oxazole rings is 1. The average molecular weight is 474 g/mol. The molecule has 172 valence electrons. The summed E-state index contributed by atoms with van der Waals surface area (Å²) in [5.74, 6) is 1.17. The van der Waals surface area contributed by atoms with Gasteiger partial charge in [0.25, 0.3) is 6.01 Å². The van der Waals surface area contributed by atoms with Gasteiger partial charge in [-0.3, -0.25) is 0 Å². The zero-order chi connectivity index (χ0) is 22.8. The van der Waals surface area contributed by atoms with Crippen LogP contribution in [0.3, 0.4) is 0 Å². The quantitative estimate of drug-likeness (QED) is 0.395. The van der Waals surface area contributed by atoms with Gasteiger partial charge in [0, 0.05) is 12.6 Å². The van der Waals surface area contributed by atoms with Gasteiger partial charge < -0.3 is 14.6 Å². The molecule has 2 heterocycles. The maximum Gasteiger partial charge on any atom is 0.295 e. The van der Waals surface area contributed by atoms with E-state index in [1.165, 1.54) is 29.5 Å². The van der Waals surface area contributed by atoms with Crippen LogP contribution in [0.5, 0.6) is 0 Å².